The molecule has 1 aromatic carbocycles. The molecule has 0 spiro atoms. The Hall–Kier alpha value is -0.580. The van der Waals surface area contributed by atoms with E-state index in [0.717, 1.165) is 12.1 Å². The van der Waals surface area contributed by atoms with Crippen molar-refractivity contribution in [3.05, 3.63) is 34.9 Å². The molecule has 1 aromatic rings. The first-order chi connectivity index (χ1) is 8.00. The summed E-state index contributed by atoms with van der Waals surface area (Å²) in [5.74, 6) is 0.269. The van der Waals surface area contributed by atoms with Crippen LogP contribution in [-0.4, -0.2) is 26.0 Å². The van der Waals surface area contributed by atoms with E-state index in [1.54, 1.807) is 19.1 Å². The maximum Gasteiger partial charge on any atom is 0.154 e. The van der Waals surface area contributed by atoms with Gasteiger partial charge >= 0.3 is 0 Å². The van der Waals surface area contributed by atoms with Crippen molar-refractivity contribution in [3.8, 4) is 0 Å². The van der Waals surface area contributed by atoms with E-state index in [1.165, 1.54) is 0 Å². The van der Waals surface area contributed by atoms with Crippen molar-refractivity contribution in [1.82, 2.24) is 5.32 Å². The quantitative estimate of drug-likeness (QED) is 0.853. The van der Waals surface area contributed by atoms with Gasteiger partial charge in [0.25, 0.3) is 0 Å². The number of hydrogen-bond acceptors (Lipinski definition) is 3. The number of nitrogens with one attached hydrogen (secondary N) is 1. The molecule has 2 rings (SSSR count). The summed E-state index contributed by atoms with van der Waals surface area (Å²) in [5, 5.41) is 3.57. The van der Waals surface area contributed by atoms with Crippen LogP contribution in [0, 0.1) is 0 Å². The fraction of sp³-hybridized carbons (Fsp3) is 0.500. The Morgan fingerprint density at radius 2 is 1.94 bits per heavy atom. The first kappa shape index (κ1) is 12.9. The maximum absolute atomic E-state index is 12.0. The van der Waals surface area contributed by atoms with Gasteiger partial charge < -0.3 is 5.32 Å². The van der Waals surface area contributed by atoms with Gasteiger partial charge in [0.1, 0.15) is 0 Å². The Kier molecular flexibility index (Phi) is 3.76. The third-order valence-electron chi connectivity index (χ3n) is 3.23. The van der Waals surface area contributed by atoms with E-state index in [-0.39, 0.29) is 11.8 Å². The minimum atomic E-state index is -3.00. The van der Waals surface area contributed by atoms with Crippen molar-refractivity contribution in [1.29, 1.82) is 0 Å². The smallest absolute Gasteiger partial charge is 0.154 e. The SMILES string of the molecule is CC1C(c2ccc(Cl)cc2)NCCCS1(=O)=O. The van der Waals surface area contributed by atoms with E-state index in [1.807, 2.05) is 12.1 Å². The zero-order valence-corrected chi connectivity index (χ0v) is 11.3. The lowest BCUT2D eigenvalue weighted by molar-refractivity contribution is 0.520. The van der Waals surface area contributed by atoms with Crippen LogP contribution in [0.15, 0.2) is 24.3 Å². The van der Waals surface area contributed by atoms with Crippen LogP contribution in [0.4, 0.5) is 0 Å². The molecule has 2 unspecified atom stereocenters. The lowest BCUT2D eigenvalue weighted by Crippen LogP contribution is -2.32. The highest BCUT2D eigenvalue weighted by molar-refractivity contribution is 7.92. The van der Waals surface area contributed by atoms with Crippen LogP contribution < -0.4 is 5.32 Å². The molecule has 0 aromatic heterocycles. The third-order valence-corrected chi connectivity index (χ3v) is 5.75. The Morgan fingerprint density at radius 3 is 2.59 bits per heavy atom. The lowest BCUT2D eigenvalue weighted by atomic mass is 10.0. The van der Waals surface area contributed by atoms with Crippen LogP contribution in [0.2, 0.25) is 5.02 Å². The molecule has 0 bridgehead atoms. The molecule has 5 heteroatoms. The van der Waals surface area contributed by atoms with Gasteiger partial charge in [0.15, 0.2) is 9.84 Å². The molecule has 1 N–H and O–H groups in total. The van der Waals surface area contributed by atoms with Crippen LogP contribution in [-0.2, 0) is 9.84 Å². The van der Waals surface area contributed by atoms with E-state index in [4.69, 9.17) is 11.6 Å². The molecule has 1 aliphatic heterocycles. The summed E-state index contributed by atoms with van der Waals surface area (Å²) in [6, 6.07) is 7.22. The van der Waals surface area contributed by atoms with Crippen LogP contribution in [0.1, 0.15) is 24.9 Å². The second kappa shape index (κ2) is 4.96. The molecule has 1 fully saturated rings. The Labute approximate surface area is 107 Å². The average Bonchev–Trinajstić information content (AvgIpc) is 2.41. The number of sulfone groups is 1. The van der Waals surface area contributed by atoms with Crippen LogP contribution >= 0.6 is 11.6 Å². The standard InChI is InChI=1S/C12H16ClNO2S/c1-9-12(10-3-5-11(13)6-4-10)14-7-2-8-17(9,15)16/h3-6,9,12,14H,2,7-8H2,1H3. The summed E-state index contributed by atoms with van der Waals surface area (Å²) >= 11 is 5.84. The monoisotopic (exact) mass is 273 g/mol. The van der Waals surface area contributed by atoms with Gasteiger partial charge in [0.2, 0.25) is 0 Å². The molecule has 1 aliphatic rings. The predicted molar refractivity (Wildman–Crippen MR) is 70.1 cm³/mol. The van der Waals surface area contributed by atoms with Gasteiger partial charge in [0.05, 0.1) is 11.0 Å². The molecule has 0 amide bonds. The fourth-order valence-corrected chi connectivity index (χ4v) is 3.86. The van der Waals surface area contributed by atoms with Gasteiger partial charge in [-0.2, -0.15) is 0 Å². The largest absolute Gasteiger partial charge is 0.309 e. The molecule has 2 atom stereocenters. The third kappa shape index (κ3) is 2.81. The summed E-state index contributed by atoms with van der Waals surface area (Å²) in [6.45, 7) is 2.50. The summed E-state index contributed by atoms with van der Waals surface area (Å²) in [4.78, 5) is 0. The topological polar surface area (TPSA) is 46.2 Å². The van der Waals surface area contributed by atoms with Crippen LogP contribution in [0.5, 0.6) is 0 Å². The first-order valence-corrected chi connectivity index (χ1v) is 7.80. The van der Waals surface area contributed by atoms with E-state index < -0.39 is 15.1 Å². The van der Waals surface area contributed by atoms with Crippen molar-refractivity contribution in [2.75, 3.05) is 12.3 Å². The lowest BCUT2D eigenvalue weighted by Gasteiger charge is -2.22. The van der Waals surface area contributed by atoms with Crippen molar-refractivity contribution in [3.63, 3.8) is 0 Å². The highest BCUT2D eigenvalue weighted by Gasteiger charge is 2.32. The fourth-order valence-electron chi connectivity index (χ4n) is 2.15. The van der Waals surface area contributed by atoms with E-state index in [2.05, 4.69) is 5.32 Å². The molecule has 94 valence electrons. The minimum absolute atomic E-state index is 0.139. The van der Waals surface area contributed by atoms with Gasteiger partial charge in [-0.1, -0.05) is 23.7 Å². The Balaban J connectivity index is 2.33. The van der Waals surface area contributed by atoms with Crippen molar-refractivity contribution >= 4 is 21.4 Å². The van der Waals surface area contributed by atoms with E-state index in [9.17, 15) is 8.42 Å². The van der Waals surface area contributed by atoms with Crippen molar-refractivity contribution in [2.45, 2.75) is 24.6 Å². The molecular weight excluding hydrogens is 258 g/mol. The Bertz CT molecular complexity index is 484. The molecule has 1 saturated heterocycles. The summed E-state index contributed by atoms with van der Waals surface area (Å²) in [6.07, 6.45) is 0.677. The number of halogens is 1. The van der Waals surface area contributed by atoms with Gasteiger partial charge in [-0.05, 0) is 37.6 Å². The van der Waals surface area contributed by atoms with Gasteiger partial charge in [-0.3, -0.25) is 0 Å². The van der Waals surface area contributed by atoms with Gasteiger partial charge in [-0.25, -0.2) is 8.42 Å². The summed E-state index contributed by atoms with van der Waals surface area (Å²) in [7, 11) is -3.00. The molecule has 0 aliphatic carbocycles. The van der Waals surface area contributed by atoms with E-state index in [0.29, 0.717) is 11.4 Å². The minimum Gasteiger partial charge on any atom is -0.309 e. The van der Waals surface area contributed by atoms with Crippen molar-refractivity contribution in [2.24, 2.45) is 0 Å². The normalized spacial score (nSPS) is 28.6. The van der Waals surface area contributed by atoms with Gasteiger partial charge in [0, 0.05) is 11.1 Å². The molecule has 0 saturated carbocycles. The highest BCUT2D eigenvalue weighted by Crippen LogP contribution is 2.26. The highest BCUT2D eigenvalue weighted by atomic mass is 35.5. The summed E-state index contributed by atoms with van der Waals surface area (Å²) in [5.41, 5.74) is 0.979. The predicted octanol–water partition coefficient (Wildman–Crippen LogP) is 2.18. The number of rotatable bonds is 1. The molecule has 3 nitrogen and oxygen atoms in total. The Morgan fingerprint density at radius 1 is 1.29 bits per heavy atom. The van der Waals surface area contributed by atoms with Crippen LogP contribution in [0.3, 0.4) is 0 Å². The number of hydrogen-bond donors (Lipinski definition) is 1. The van der Waals surface area contributed by atoms with Gasteiger partial charge in [-0.15, -0.1) is 0 Å². The van der Waals surface area contributed by atoms with Crippen LogP contribution in [0.25, 0.3) is 0 Å². The number of benzene rings is 1. The van der Waals surface area contributed by atoms with E-state index >= 15 is 0 Å². The summed E-state index contributed by atoms with van der Waals surface area (Å²) < 4.78 is 24.0. The average molecular weight is 274 g/mol. The zero-order chi connectivity index (χ0) is 12.5. The molecule has 1 heterocycles. The molecule has 17 heavy (non-hydrogen) atoms. The first-order valence-electron chi connectivity index (χ1n) is 5.71. The van der Waals surface area contributed by atoms with Crippen molar-refractivity contribution < 1.29 is 8.42 Å². The second-order valence-electron chi connectivity index (χ2n) is 4.41. The maximum atomic E-state index is 12.0. The molecular formula is C12H16ClNO2S. The molecule has 0 radical (unpaired) electrons. The second-order valence-corrected chi connectivity index (χ2v) is 7.32. The zero-order valence-electron chi connectivity index (χ0n) is 9.69.